The molecule has 0 amide bonds. The summed E-state index contributed by atoms with van der Waals surface area (Å²) in [4.78, 5) is 11.4. The van der Waals surface area contributed by atoms with E-state index in [-0.39, 0.29) is 12.6 Å². The van der Waals surface area contributed by atoms with Gasteiger partial charge in [-0.2, -0.15) is 0 Å². The number of ether oxygens (including phenoxy) is 2. The summed E-state index contributed by atoms with van der Waals surface area (Å²) in [6.45, 7) is 6.02. The standard InChI is InChI=1S/C19H21ClO3/c1-4-22-18(21)12-23-19-13(2)9-15(10-14(19)3)11-16-7-5-6-8-17(16)20/h5-10H,4,11-12H2,1-3H3. The topological polar surface area (TPSA) is 35.5 Å². The van der Waals surface area contributed by atoms with Gasteiger partial charge < -0.3 is 9.47 Å². The maximum absolute atomic E-state index is 11.4. The SMILES string of the molecule is CCOC(=O)COc1c(C)cc(Cc2ccccc2Cl)cc1C. The molecule has 0 spiro atoms. The van der Waals surface area contributed by atoms with Crippen LogP contribution in [0.4, 0.5) is 0 Å². The third kappa shape index (κ3) is 4.73. The zero-order valence-corrected chi connectivity index (χ0v) is 14.4. The molecule has 2 aromatic rings. The van der Waals surface area contributed by atoms with Crippen LogP contribution in [0.2, 0.25) is 5.02 Å². The first-order chi connectivity index (χ1) is 11.0. The second kappa shape index (κ2) is 8.02. The molecule has 0 aliphatic heterocycles. The van der Waals surface area contributed by atoms with Crippen molar-refractivity contribution in [2.75, 3.05) is 13.2 Å². The number of aryl methyl sites for hydroxylation is 2. The lowest BCUT2D eigenvalue weighted by molar-refractivity contribution is -0.145. The van der Waals surface area contributed by atoms with E-state index >= 15 is 0 Å². The number of benzene rings is 2. The summed E-state index contributed by atoms with van der Waals surface area (Å²) in [5, 5.41) is 0.769. The molecule has 23 heavy (non-hydrogen) atoms. The van der Waals surface area contributed by atoms with E-state index in [1.165, 1.54) is 0 Å². The number of hydrogen-bond donors (Lipinski definition) is 0. The van der Waals surface area contributed by atoms with Gasteiger partial charge in [0.15, 0.2) is 6.61 Å². The molecule has 0 aliphatic rings. The molecule has 122 valence electrons. The lowest BCUT2D eigenvalue weighted by atomic mass is 10.00. The Morgan fingerprint density at radius 1 is 1.13 bits per heavy atom. The van der Waals surface area contributed by atoms with Crippen LogP contribution in [0.15, 0.2) is 36.4 Å². The van der Waals surface area contributed by atoms with Gasteiger partial charge in [0.1, 0.15) is 5.75 Å². The van der Waals surface area contributed by atoms with E-state index in [2.05, 4.69) is 12.1 Å². The fourth-order valence-corrected chi connectivity index (χ4v) is 2.77. The fourth-order valence-electron chi connectivity index (χ4n) is 2.57. The van der Waals surface area contributed by atoms with E-state index in [9.17, 15) is 4.79 Å². The van der Waals surface area contributed by atoms with Crippen LogP contribution in [-0.4, -0.2) is 19.2 Å². The fraction of sp³-hybridized carbons (Fsp3) is 0.316. The average molecular weight is 333 g/mol. The molecule has 0 fully saturated rings. The predicted octanol–water partition coefficient (Wildman–Crippen LogP) is 4.49. The first kappa shape index (κ1) is 17.4. The van der Waals surface area contributed by atoms with Crippen molar-refractivity contribution in [3.63, 3.8) is 0 Å². The van der Waals surface area contributed by atoms with Crippen LogP contribution in [-0.2, 0) is 16.0 Å². The Morgan fingerprint density at radius 2 is 1.78 bits per heavy atom. The van der Waals surface area contributed by atoms with Gasteiger partial charge in [-0.05, 0) is 55.5 Å². The molecule has 0 atom stereocenters. The highest BCUT2D eigenvalue weighted by atomic mass is 35.5. The molecule has 2 rings (SSSR count). The lowest BCUT2D eigenvalue weighted by Gasteiger charge is -2.14. The summed E-state index contributed by atoms with van der Waals surface area (Å²) in [7, 11) is 0. The van der Waals surface area contributed by atoms with Crippen molar-refractivity contribution >= 4 is 17.6 Å². The zero-order chi connectivity index (χ0) is 16.8. The maximum Gasteiger partial charge on any atom is 0.344 e. The third-order valence-electron chi connectivity index (χ3n) is 3.51. The van der Waals surface area contributed by atoms with Gasteiger partial charge in [0, 0.05) is 5.02 Å². The van der Waals surface area contributed by atoms with Gasteiger partial charge in [-0.15, -0.1) is 0 Å². The highest BCUT2D eigenvalue weighted by molar-refractivity contribution is 6.31. The Bertz CT molecular complexity index is 672. The first-order valence-corrected chi connectivity index (χ1v) is 8.01. The monoisotopic (exact) mass is 332 g/mol. The summed E-state index contributed by atoms with van der Waals surface area (Å²) >= 11 is 6.22. The molecule has 0 radical (unpaired) electrons. The molecule has 0 heterocycles. The van der Waals surface area contributed by atoms with Crippen molar-refractivity contribution in [1.29, 1.82) is 0 Å². The summed E-state index contributed by atoms with van der Waals surface area (Å²) in [5.41, 5.74) is 4.25. The Hall–Kier alpha value is -2.00. The van der Waals surface area contributed by atoms with Crippen LogP contribution in [0.5, 0.6) is 5.75 Å². The molecule has 0 aromatic heterocycles. The van der Waals surface area contributed by atoms with Crippen molar-refractivity contribution in [1.82, 2.24) is 0 Å². The number of carbonyl (C=O) groups excluding carboxylic acids is 1. The Balaban J connectivity index is 2.14. The number of esters is 1. The summed E-state index contributed by atoms with van der Waals surface area (Å²) in [5.74, 6) is 0.382. The van der Waals surface area contributed by atoms with Gasteiger partial charge >= 0.3 is 5.97 Å². The molecule has 0 aliphatic carbocycles. The average Bonchev–Trinajstić information content (AvgIpc) is 2.49. The molecule has 2 aromatic carbocycles. The number of rotatable bonds is 6. The molecule has 0 bridgehead atoms. The lowest BCUT2D eigenvalue weighted by Crippen LogP contribution is -2.15. The van der Waals surface area contributed by atoms with Crippen molar-refractivity contribution in [3.8, 4) is 5.75 Å². The van der Waals surface area contributed by atoms with Crippen molar-refractivity contribution in [3.05, 3.63) is 63.7 Å². The van der Waals surface area contributed by atoms with Crippen LogP contribution in [0.1, 0.15) is 29.2 Å². The summed E-state index contributed by atoms with van der Waals surface area (Å²) in [6, 6.07) is 12.0. The highest BCUT2D eigenvalue weighted by Gasteiger charge is 2.10. The van der Waals surface area contributed by atoms with Gasteiger partial charge in [0.05, 0.1) is 6.61 Å². The van der Waals surface area contributed by atoms with Crippen LogP contribution in [0.25, 0.3) is 0 Å². The summed E-state index contributed by atoms with van der Waals surface area (Å²) in [6.07, 6.45) is 0.763. The molecular formula is C19H21ClO3. The maximum atomic E-state index is 11.4. The van der Waals surface area contributed by atoms with E-state index in [0.29, 0.717) is 6.61 Å². The van der Waals surface area contributed by atoms with E-state index in [1.807, 2.05) is 38.1 Å². The largest absolute Gasteiger partial charge is 0.481 e. The van der Waals surface area contributed by atoms with Crippen LogP contribution in [0, 0.1) is 13.8 Å². The predicted molar refractivity (Wildman–Crippen MR) is 92.3 cm³/mol. The molecule has 0 saturated carbocycles. The van der Waals surface area contributed by atoms with Crippen molar-refractivity contribution < 1.29 is 14.3 Å². The number of hydrogen-bond acceptors (Lipinski definition) is 3. The van der Waals surface area contributed by atoms with Crippen LogP contribution >= 0.6 is 11.6 Å². The second-order valence-corrected chi connectivity index (χ2v) is 5.83. The molecule has 0 saturated heterocycles. The molecule has 3 nitrogen and oxygen atoms in total. The molecule has 4 heteroatoms. The van der Waals surface area contributed by atoms with E-state index in [0.717, 1.165) is 39.4 Å². The van der Waals surface area contributed by atoms with Gasteiger partial charge in [0.25, 0.3) is 0 Å². The van der Waals surface area contributed by atoms with Crippen LogP contribution < -0.4 is 4.74 Å². The smallest absolute Gasteiger partial charge is 0.344 e. The van der Waals surface area contributed by atoms with E-state index < -0.39 is 0 Å². The molecule has 0 N–H and O–H groups in total. The Morgan fingerprint density at radius 3 is 2.39 bits per heavy atom. The third-order valence-corrected chi connectivity index (χ3v) is 3.88. The minimum Gasteiger partial charge on any atom is -0.481 e. The van der Waals surface area contributed by atoms with Gasteiger partial charge in [-0.1, -0.05) is 41.9 Å². The van der Waals surface area contributed by atoms with Gasteiger partial charge in [-0.25, -0.2) is 4.79 Å². The quantitative estimate of drug-likeness (QED) is 0.731. The van der Waals surface area contributed by atoms with Crippen molar-refractivity contribution in [2.24, 2.45) is 0 Å². The Kier molecular flexibility index (Phi) is 6.05. The number of halogens is 1. The Labute approximate surface area is 142 Å². The van der Waals surface area contributed by atoms with Crippen molar-refractivity contribution in [2.45, 2.75) is 27.2 Å². The second-order valence-electron chi connectivity index (χ2n) is 5.42. The number of carbonyl (C=O) groups is 1. The van der Waals surface area contributed by atoms with Crippen LogP contribution in [0.3, 0.4) is 0 Å². The highest BCUT2D eigenvalue weighted by Crippen LogP contribution is 2.27. The van der Waals surface area contributed by atoms with Gasteiger partial charge in [-0.3, -0.25) is 0 Å². The molecular weight excluding hydrogens is 312 g/mol. The van der Waals surface area contributed by atoms with E-state index in [4.69, 9.17) is 21.1 Å². The first-order valence-electron chi connectivity index (χ1n) is 7.63. The minimum absolute atomic E-state index is 0.0701. The zero-order valence-electron chi connectivity index (χ0n) is 13.7. The molecule has 0 unspecified atom stereocenters. The normalized spacial score (nSPS) is 10.4. The van der Waals surface area contributed by atoms with Gasteiger partial charge in [0.2, 0.25) is 0 Å². The minimum atomic E-state index is -0.355. The summed E-state index contributed by atoms with van der Waals surface area (Å²) < 4.78 is 10.5. The van der Waals surface area contributed by atoms with E-state index in [1.54, 1.807) is 6.92 Å².